The molecule has 0 aliphatic carbocycles. The van der Waals surface area contributed by atoms with Crippen LogP contribution in [-0.4, -0.2) is 18.4 Å². The Balaban J connectivity index is 2.47. The van der Waals surface area contributed by atoms with Crippen LogP contribution in [-0.2, 0) is 9.53 Å². The Morgan fingerprint density at radius 3 is 2.68 bits per heavy atom. The molecular formula is C15H19FO3. The SMILES string of the molecule is CCCCOC(=O)CCC(=O)c1cc(C)ccc1F. The third-order valence-corrected chi connectivity index (χ3v) is 2.74. The topological polar surface area (TPSA) is 43.4 Å². The minimum Gasteiger partial charge on any atom is -0.466 e. The second kappa shape index (κ2) is 7.67. The van der Waals surface area contributed by atoms with E-state index in [1.165, 1.54) is 12.1 Å². The Morgan fingerprint density at radius 1 is 1.26 bits per heavy atom. The molecule has 1 rings (SSSR count). The maximum absolute atomic E-state index is 13.5. The predicted molar refractivity (Wildman–Crippen MR) is 70.6 cm³/mol. The molecule has 0 N–H and O–H groups in total. The molecule has 4 heteroatoms. The van der Waals surface area contributed by atoms with Crippen LogP contribution in [0.4, 0.5) is 4.39 Å². The lowest BCUT2D eigenvalue weighted by molar-refractivity contribution is -0.143. The summed E-state index contributed by atoms with van der Waals surface area (Å²) < 4.78 is 18.4. The summed E-state index contributed by atoms with van der Waals surface area (Å²) in [6.45, 7) is 4.16. The van der Waals surface area contributed by atoms with Gasteiger partial charge in [-0.2, -0.15) is 0 Å². The number of unbranched alkanes of at least 4 members (excludes halogenated alkanes) is 1. The van der Waals surface area contributed by atoms with Gasteiger partial charge < -0.3 is 4.74 Å². The first-order chi connectivity index (χ1) is 9.04. The van der Waals surface area contributed by atoms with Crippen molar-refractivity contribution in [3.05, 3.63) is 35.1 Å². The molecule has 19 heavy (non-hydrogen) atoms. The molecule has 0 radical (unpaired) electrons. The first-order valence-electron chi connectivity index (χ1n) is 6.49. The van der Waals surface area contributed by atoms with Crippen molar-refractivity contribution >= 4 is 11.8 Å². The number of ether oxygens (including phenoxy) is 1. The Labute approximate surface area is 112 Å². The molecule has 104 valence electrons. The predicted octanol–water partition coefficient (Wildman–Crippen LogP) is 3.44. The van der Waals surface area contributed by atoms with Crippen LogP contribution in [0.2, 0.25) is 0 Å². The van der Waals surface area contributed by atoms with Gasteiger partial charge in [-0.3, -0.25) is 9.59 Å². The number of carbonyl (C=O) groups excluding carboxylic acids is 2. The van der Waals surface area contributed by atoms with Crippen LogP contribution in [0.5, 0.6) is 0 Å². The number of hydrogen-bond acceptors (Lipinski definition) is 3. The molecule has 0 aliphatic heterocycles. The quantitative estimate of drug-likeness (QED) is 0.431. The molecule has 3 nitrogen and oxygen atoms in total. The van der Waals surface area contributed by atoms with Crippen molar-refractivity contribution in [3.8, 4) is 0 Å². The van der Waals surface area contributed by atoms with Gasteiger partial charge >= 0.3 is 5.97 Å². The van der Waals surface area contributed by atoms with E-state index in [0.717, 1.165) is 18.4 Å². The average molecular weight is 266 g/mol. The zero-order valence-corrected chi connectivity index (χ0v) is 11.4. The molecule has 0 unspecified atom stereocenters. The lowest BCUT2D eigenvalue weighted by atomic mass is 10.0. The Bertz CT molecular complexity index is 455. The molecule has 0 saturated carbocycles. The minimum absolute atomic E-state index is 0.00404. The molecule has 0 bridgehead atoms. The highest BCUT2D eigenvalue weighted by atomic mass is 19.1. The molecule has 0 aliphatic rings. The highest BCUT2D eigenvalue weighted by Gasteiger charge is 2.14. The Kier molecular flexibility index (Phi) is 6.19. The molecule has 0 heterocycles. The van der Waals surface area contributed by atoms with Gasteiger partial charge in [0.25, 0.3) is 0 Å². The van der Waals surface area contributed by atoms with Gasteiger partial charge in [0.05, 0.1) is 18.6 Å². The fourth-order valence-corrected chi connectivity index (χ4v) is 1.61. The van der Waals surface area contributed by atoms with Crippen LogP contribution in [0, 0.1) is 12.7 Å². The van der Waals surface area contributed by atoms with Crippen molar-refractivity contribution in [2.75, 3.05) is 6.61 Å². The highest BCUT2D eigenvalue weighted by molar-refractivity contribution is 5.97. The monoisotopic (exact) mass is 266 g/mol. The lowest BCUT2D eigenvalue weighted by Gasteiger charge is -2.05. The Hall–Kier alpha value is -1.71. The van der Waals surface area contributed by atoms with Crippen molar-refractivity contribution in [1.29, 1.82) is 0 Å². The van der Waals surface area contributed by atoms with E-state index in [1.54, 1.807) is 13.0 Å². The van der Waals surface area contributed by atoms with Gasteiger partial charge in [-0.05, 0) is 25.5 Å². The van der Waals surface area contributed by atoms with Gasteiger partial charge in [0.1, 0.15) is 5.82 Å². The van der Waals surface area contributed by atoms with Crippen molar-refractivity contribution < 1.29 is 18.7 Å². The zero-order chi connectivity index (χ0) is 14.3. The van der Waals surface area contributed by atoms with E-state index in [2.05, 4.69) is 0 Å². The number of carbonyl (C=O) groups is 2. The van der Waals surface area contributed by atoms with Gasteiger partial charge in [0, 0.05) is 6.42 Å². The van der Waals surface area contributed by atoms with Crippen molar-refractivity contribution in [3.63, 3.8) is 0 Å². The van der Waals surface area contributed by atoms with E-state index in [4.69, 9.17) is 4.74 Å². The smallest absolute Gasteiger partial charge is 0.306 e. The molecule has 1 aromatic carbocycles. The first kappa shape index (κ1) is 15.3. The van der Waals surface area contributed by atoms with Crippen LogP contribution < -0.4 is 0 Å². The van der Waals surface area contributed by atoms with Gasteiger partial charge in [-0.25, -0.2) is 4.39 Å². The molecule has 0 spiro atoms. The maximum Gasteiger partial charge on any atom is 0.306 e. The first-order valence-corrected chi connectivity index (χ1v) is 6.49. The van der Waals surface area contributed by atoms with E-state index in [-0.39, 0.29) is 24.2 Å². The summed E-state index contributed by atoms with van der Waals surface area (Å²) in [5.74, 6) is -1.32. The number of halogens is 1. The summed E-state index contributed by atoms with van der Waals surface area (Å²) in [6, 6.07) is 4.37. The van der Waals surface area contributed by atoms with E-state index in [9.17, 15) is 14.0 Å². The molecule has 0 fully saturated rings. The minimum atomic E-state index is -0.546. The summed E-state index contributed by atoms with van der Waals surface area (Å²) in [6.07, 6.45) is 1.73. The Morgan fingerprint density at radius 2 is 2.00 bits per heavy atom. The number of esters is 1. The van der Waals surface area contributed by atoms with E-state index in [1.807, 2.05) is 6.92 Å². The van der Waals surface area contributed by atoms with Gasteiger partial charge in [-0.1, -0.05) is 25.0 Å². The second-order valence-electron chi connectivity index (χ2n) is 4.48. The highest BCUT2D eigenvalue weighted by Crippen LogP contribution is 2.13. The zero-order valence-electron chi connectivity index (χ0n) is 11.4. The van der Waals surface area contributed by atoms with Crippen LogP contribution >= 0.6 is 0 Å². The van der Waals surface area contributed by atoms with Crippen molar-refractivity contribution in [2.24, 2.45) is 0 Å². The summed E-state index contributed by atoms with van der Waals surface area (Å²) >= 11 is 0. The fraction of sp³-hybridized carbons (Fsp3) is 0.467. The van der Waals surface area contributed by atoms with Crippen LogP contribution in [0.25, 0.3) is 0 Å². The molecular weight excluding hydrogens is 247 g/mol. The molecule has 0 atom stereocenters. The van der Waals surface area contributed by atoms with Crippen molar-refractivity contribution in [1.82, 2.24) is 0 Å². The van der Waals surface area contributed by atoms with Crippen molar-refractivity contribution in [2.45, 2.75) is 39.5 Å². The van der Waals surface area contributed by atoms with Gasteiger partial charge in [0.2, 0.25) is 0 Å². The summed E-state index contributed by atoms with van der Waals surface area (Å²) in [4.78, 5) is 23.1. The molecule has 0 saturated heterocycles. The third kappa shape index (κ3) is 5.20. The molecule has 0 amide bonds. The third-order valence-electron chi connectivity index (χ3n) is 2.74. The van der Waals surface area contributed by atoms with Crippen LogP contribution in [0.15, 0.2) is 18.2 Å². The number of ketones is 1. The summed E-state index contributed by atoms with van der Waals surface area (Å²) in [7, 11) is 0. The number of benzene rings is 1. The number of hydrogen-bond donors (Lipinski definition) is 0. The van der Waals surface area contributed by atoms with Gasteiger partial charge in [0.15, 0.2) is 5.78 Å². The normalized spacial score (nSPS) is 10.3. The van der Waals surface area contributed by atoms with E-state index >= 15 is 0 Å². The average Bonchev–Trinajstić information content (AvgIpc) is 2.39. The van der Waals surface area contributed by atoms with Crippen LogP contribution in [0.1, 0.15) is 48.5 Å². The molecule has 1 aromatic rings. The number of rotatable bonds is 7. The summed E-state index contributed by atoms with van der Waals surface area (Å²) in [5.41, 5.74) is 0.858. The van der Waals surface area contributed by atoms with Crippen LogP contribution in [0.3, 0.4) is 0 Å². The van der Waals surface area contributed by atoms with E-state index in [0.29, 0.717) is 6.61 Å². The fourth-order valence-electron chi connectivity index (χ4n) is 1.61. The maximum atomic E-state index is 13.5. The number of aryl methyl sites for hydroxylation is 1. The second-order valence-corrected chi connectivity index (χ2v) is 4.48. The van der Waals surface area contributed by atoms with E-state index < -0.39 is 11.8 Å². The number of Topliss-reactive ketones (excluding diaryl/α,β-unsaturated/α-hetero) is 1. The standard InChI is InChI=1S/C15H19FO3/c1-3-4-9-19-15(18)8-7-14(17)12-10-11(2)5-6-13(12)16/h5-6,10H,3-4,7-9H2,1-2H3. The lowest BCUT2D eigenvalue weighted by Crippen LogP contribution is -2.10. The van der Waals surface area contributed by atoms with Gasteiger partial charge in [-0.15, -0.1) is 0 Å². The summed E-state index contributed by atoms with van der Waals surface area (Å²) in [5, 5.41) is 0. The largest absolute Gasteiger partial charge is 0.466 e. The molecule has 0 aromatic heterocycles.